The summed E-state index contributed by atoms with van der Waals surface area (Å²) in [5.41, 5.74) is 0.787. The van der Waals surface area contributed by atoms with Crippen LogP contribution < -0.4 is 4.72 Å². The molecule has 8 heteroatoms. The Hall–Kier alpha value is -1.12. The summed E-state index contributed by atoms with van der Waals surface area (Å²) in [7, 11) is 0. The van der Waals surface area contributed by atoms with Crippen molar-refractivity contribution in [3.05, 3.63) is 24.8 Å². The first-order valence-electron chi connectivity index (χ1n) is 4.57. The number of carbonyl (C=O) groups is 1. The molecule has 0 saturated carbocycles. The second-order valence-electron chi connectivity index (χ2n) is 2.90. The highest BCUT2D eigenvalue weighted by Crippen LogP contribution is 2.29. The lowest BCUT2D eigenvalue weighted by molar-refractivity contribution is -0.116. The maximum Gasteiger partial charge on any atom is 0.240 e. The molecule has 0 saturated heterocycles. The second-order valence-corrected chi connectivity index (χ2v) is 5.43. The average Bonchev–Trinajstić information content (AvgIpc) is 2.86. The summed E-state index contributed by atoms with van der Waals surface area (Å²) in [4.78, 5) is 23.2. The van der Waals surface area contributed by atoms with Gasteiger partial charge < -0.3 is 4.72 Å². The van der Waals surface area contributed by atoms with Gasteiger partial charge in [-0.1, -0.05) is 12.8 Å². The number of aromatic nitrogens is 3. The van der Waals surface area contributed by atoms with E-state index in [4.69, 9.17) is 0 Å². The number of rotatable bonds is 4. The van der Waals surface area contributed by atoms with Crippen LogP contribution in [0, 0.1) is 0 Å². The van der Waals surface area contributed by atoms with Gasteiger partial charge in [-0.3, -0.25) is 4.79 Å². The molecule has 17 heavy (non-hydrogen) atoms. The highest BCUT2D eigenvalue weighted by molar-refractivity contribution is 8.01. The predicted octanol–water partition coefficient (Wildman–Crippen LogP) is 1.65. The van der Waals surface area contributed by atoms with Crippen molar-refractivity contribution in [3.63, 3.8) is 0 Å². The van der Waals surface area contributed by atoms with E-state index in [0.717, 1.165) is 14.9 Å². The summed E-state index contributed by atoms with van der Waals surface area (Å²) < 4.78 is 3.24. The molecule has 0 aliphatic rings. The minimum atomic E-state index is -0.129. The topological polar surface area (TPSA) is 67.8 Å². The second kappa shape index (κ2) is 5.99. The third-order valence-corrected chi connectivity index (χ3v) is 4.22. The highest BCUT2D eigenvalue weighted by atomic mass is 32.2. The zero-order valence-corrected chi connectivity index (χ0v) is 11.1. The summed E-state index contributed by atoms with van der Waals surface area (Å²) in [6.45, 7) is 0. The number of nitrogens with zero attached hydrogens (tertiary/aromatic N) is 3. The predicted molar refractivity (Wildman–Crippen MR) is 71.0 cm³/mol. The van der Waals surface area contributed by atoms with Crippen LogP contribution in [0.25, 0.3) is 10.7 Å². The van der Waals surface area contributed by atoms with Gasteiger partial charge >= 0.3 is 0 Å². The quantitative estimate of drug-likeness (QED) is 0.660. The van der Waals surface area contributed by atoms with Gasteiger partial charge in [-0.05, 0) is 6.07 Å². The van der Waals surface area contributed by atoms with Gasteiger partial charge in [0.1, 0.15) is 17.0 Å². The summed E-state index contributed by atoms with van der Waals surface area (Å²) >= 11 is 6.60. The van der Waals surface area contributed by atoms with Crippen LogP contribution in [-0.4, -0.2) is 26.6 Å². The Labute approximate surface area is 112 Å². The van der Waals surface area contributed by atoms with Crippen LogP contribution in [0.5, 0.6) is 0 Å². The first kappa shape index (κ1) is 12.3. The summed E-state index contributed by atoms with van der Waals surface area (Å²) in [5, 5.41) is 0.821. The molecule has 0 unspecified atom stereocenters. The van der Waals surface area contributed by atoms with Crippen molar-refractivity contribution in [2.24, 2.45) is 0 Å². The summed E-state index contributed by atoms with van der Waals surface area (Å²) in [6, 6.07) is 1.80. The van der Waals surface area contributed by atoms with Gasteiger partial charge in [-0.25, -0.2) is 15.0 Å². The first-order chi connectivity index (χ1) is 8.29. The lowest BCUT2D eigenvalue weighted by atomic mass is 10.4. The van der Waals surface area contributed by atoms with E-state index in [9.17, 15) is 4.79 Å². The van der Waals surface area contributed by atoms with Crippen LogP contribution in [0.4, 0.5) is 0 Å². The average molecular weight is 284 g/mol. The highest BCUT2D eigenvalue weighted by Gasteiger charge is 2.07. The zero-order chi connectivity index (χ0) is 12.1. The number of thiol groups is 1. The Kier molecular flexibility index (Phi) is 4.35. The SMILES string of the molecule is O=C(CSc1cnc(-c2ccncn2)s1)NS. The van der Waals surface area contributed by atoms with Crippen LogP contribution in [0.3, 0.4) is 0 Å². The fourth-order valence-electron chi connectivity index (χ4n) is 1.03. The Balaban J connectivity index is 2.04. The number of thiazole rings is 1. The van der Waals surface area contributed by atoms with Gasteiger partial charge in [-0.2, -0.15) is 0 Å². The minimum absolute atomic E-state index is 0.129. The van der Waals surface area contributed by atoms with Crippen molar-refractivity contribution in [1.82, 2.24) is 19.7 Å². The fourth-order valence-corrected chi connectivity index (χ4v) is 2.97. The fraction of sp³-hybridized carbons (Fsp3) is 0.111. The maximum atomic E-state index is 11.0. The van der Waals surface area contributed by atoms with Gasteiger partial charge in [0.25, 0.3) is 0 Å². The van der Waals surface area contributed by atoms with E-state index in [0.29, 0.717) is 5.75 Å². The molecule has 88 valence electrons. The van der Waals surface area contributed by atoms with E-state index in [-0.39, 0.29) is 5.91 Å². The molecule has 2 rings (SSSR count). The Morgan fingerprint density at radius 3 is 3.12 bits per heavy atom. The normalized spacial score (nSPS) is 10.2. The van der Waals surface area contributed by atoms with E-state index >= 15 is 0 Å². The van der Waals surface area contributed by atoms with E-state index < -0.39 is 0 Å². The van der Waals surface area contributed by atoms with Gasteiger partial charge in [0.05, 0.1) is 16.2 Å². The molecular weight excluding hydrogens is 276 g/mol. The number of nitrogens with one attached hydrogen (secondary N) is 1. The van der Waals surface area contributed by atoms with Crippen molar-refractivity contribution in [2.75, 3.05) is 5.75 Å². The molecule has 1 amide bonds. The van der Waals surface area contributed by atoms with Crippen molar-refractivity contribution < 1.29 is 4.79 Å². The third-order valence-electron chi connectivity index (χ3n) is 1.76. The number of carbonyl (C=O) groups excluding carboxylic acids is 1. The van der Waals surface area contributed by atoms with Crippen LogP contribution in [0.15, 0.2) is 29.0 Å². The molecule has 0 aromatic carbocycles. The lowest BCUT2D eigenvalue weighted by Crippen LogP contribution is -2.14. The van der Waals surface area contributed by atoms with Crippen LogP contribution in [-0.2, 0) is 4.79 Å². The van der Waals surface area contributed by atoms with Crippen LogP contribution in [0.1, 0.15) is 0 Å². The smallest absolute Gasteiger partial charge is 0.240 e. The molecule has 2 aromatic heterocycles. The molecule has 0 bridgehead atoms. The zero-order valence-electron chi connectivity index (χ0n) is 8.53. The third kappa shape index (κ3) is 3.42. The van der Waals surface area contributed by atoms with E-state index in [1.165, 1.54) is 29.4 Å². The molecule has 0 fully saturated rings. The molecule has 0 radical (unpaired) electrons. The molecule has 2 heterocycles. The molecule has 5 nitrogen and oxygen atoms in total. The molecule has 0 atom stereocenters. The first-order valence-corrected chi connectivity index (χ1v) is 6.82. The summed E-state index contributed by atoms with van der Waals surface area (Å²) in [6.07, 6.45) is 4.89. The maximum absolute atomic E-state index is 11.0. The standard InChI is InChI=1S/C9H8N4OS3/c14-7(13-15)4-16-8-3-11-9(17-8)6-1-2-10-5-12-6/h1-3,5,15H,4H2,(H,13,14). The van der Waals surface area contributed by atoms with E-state index in [2.05, 4.69) is 32.5 Å². The molecule has 0 aliphatic carbocycles. The van der Waals surface area contributed by atoms with E-state index in [1.54, 1.807) is 18.5 Å². The molecule has 2 aromatic rings. The van der Waals surface area contributed by atoms with Gasteiger partial charge in [0.2, 0.25) is 5.91 Å². The minimum Gasteiger partial charge on any atom is -0.302 e. The molecular formula is C9H8N4OS3. The molecule has 0 spiro atoms. The lowest BCUT2D eigenvalue weighted by Gasteiger charge is -1.95. The van der Waals surface area contributed by atoms with Crippen LogP contribution >= 0.6 is 35.9 Å². The number of amides is 1. The Morgan fingerprint density at radius 2 is 2.41 bits per heavy atom. The Morgan fingerprint density at radius 1 is 1.53 bits per heavy atom. The van der Waals surface area contributed by atoms with Gasteiger partial charge in [0.15, 0.2) is 0 Å². The largest absolute Gasteiger partial charge is 0.302 e. The van der Waals surface area contributed by atoms with Crippen LogP contribution in [0.2, 0.25) is 0 Å². The Bertz CT molecular complexity index is 502. The summed E-state index contributed by atoms with van der Waals surface area (Å²) in [5.74, 6) is 0.199. The monoisotopic (exact) mass is 284 g/mol. The van der Waals surface area contributed by atoms with Crippen molar-refractivity contribution in [2.45, 2.75) is 4.21 Å². The molecule has 1 N–H and O–H groups in total. The number of hydrogen-bond acceptors (Lipinski definition) is 7. The van der Waals surface area contributed by atoms with Crippen molar-refractivity contribution in [1.29, 1.82) is 0 Å². The number of hydrogen-bond donors (Lipinski definition) is 2. The van der Waals surface area contributed by atoms with Crippen molar-refractivity contribution in [3.8, 4) is 10.7 Å². The van der Waals surface area contributed by atoms with Gasteiger partial charge in [0, 0.05) is 6.20 Å². The molecule has 0 aliphatic heterocycles. The van der Waals surface area contributed by atoms with Crippen molar-refractivity contribution >= 4 is 41.8 Å². The number of thioether (sulfide) groups is 1. The van der Waals surface area contributed by atoms with Gasteiger partial charge in [-0.15, -0.1) is 23.1 Å². The van der Waals surface area contributed by atoms with E-state index in [1.807, 2.05) is 0 Å².